The number of hydrogen-bond donors (Lipinski definition) is 1. The third kappa shape index (κ3) is 5.06. The predicted octanol–water partition coefficient (Wildman–Crippen LogP) is 6.45. The standard InChI is InChI=1S/C26H22ClF3N4O4S/c1-3-38-25(36)19-15-6-4-5-7-17(15)39-24(19)32-23(35)21-20(27)22-31-16(13-8-10-14(37-2)11-9-13)12-18(26(28,29)30)34(22)33-21/h8-12H,3-7H2,1-2H3,(H,32,35). The number of aryl methyl sites for hydroxylation is 1. The van der Waals surface area contributed by atoms with Crippen molar-refractivity contribution in [3.63, 3.8) is 0 Å². The van der Waals surface area contributed by atoms with E-state index in [0.717, 1.165) is 35.8 Å². The van der Waals surface area contributed by atoms with E-state index < -0.39 is 29.4 Å². The Bertz CT molecular complexity index is 1580. The van der Waals surface area contributed by atoms with E-state index in [2.05, 4.69) is 15.4 Å². The van der Waals surface area contributed by atoms with E-state index in [1.165, 1.54) is 18.4 Å². The highest BCUT2D eigenvalue weighted by atomic mass is 35.5. The van der Waals surface area contributed by atoms with Gasteiger partial charge in [-0.1, -0.05) is 11.6 Å². The molecule has 1 aliphatic carbocycles. The third-order valence-corrected chi connectivity index (χ3v) is 7.86. The van der Waals surface area contributed by atoms with Crippen molar-refractivity contribution in [2.24, 2.45) is 0 Å². The number of aromatic nitrogens is 3. The summed E-state index contributed by atoms with van der Waals surface area (Å²) in [6.07, 6.45) is -1.56. The van der Waals surface area contributed by atoms with Crippen LogP contribution in [-0.4, -0.2) is 40.2 Å². The number of rotatable bonds is 6. The molecule has 5 rings (SSSR count). The van der Waals surface area contributed by atoms with Crippen molar-refractivity contribution in [1.82, 2.24) is 14.6 Å². The molecule has 1 aromatic carbocycles. The number of nitrogens with one attached hydrogen (secondary N) is 1. The number of benzene rings is 1. The number of amides is 1. The van der Waals surface area contributed by atoms with E-state index in [4.69, 9.17) is 21.1 Å². The molecule has 0 radical (unpaired) electrons. The Kier molecular flexibility index (Phi) is 7.25. The van der Waals surface area contributed by atoms with Gasteiger partial charge in [-0.2, -0.15) is 18.3 Å². The highest BCUT2D eigenvalue weighted by molar-refractivity contribution is 7.17. The van der Waals surface area contributed by atoms with Gasteiger partial charge >= 0.3 is 12.1 Å². The highest BCUT2D eigenvalue weighted by Gasteiger charge is 2.37. The lowest BCUT2D eigenvalue weighted by atomic mass is 9.95. The van der Waals surface area contributed by atoms with E-state index in [1.54, 1.807) is 31.2 Å². The van der Waals surface area contributed by atoms with E-state index >= 15 is 0 Å². The van der Waals surface area contributed by atoms with E-state index in [9.17, 15) is 22.8 Å². The van der Waals surface area contributed by atoms with Crippen LogP contribution in [0.15, 0.2) is 30.3 Å². The van der Waals surface area contributed by atoms with Crippen molar-refractivity contribution < 1.29 is 32.2 Å². The van der Waals surface area contributed by atoms with Gasteiger partial charge in [-0.05, 0) is 68.5 Å². The summed E-state index contributed by atoms with van der Waals surface area (Å²) in [6, 6.07) is 7.14. The van der Waals surface area contributed by atoms with Crippen LogP contribution in [-0.2, 0) is 23.8 Å². The summed E-state index contributed by atoms with van der Waals surface area (Å²) in [5.74, 6) is -0.915. The fraction of sp³-hybridized carbons (Fsp3) is 0.308. The Hall–Kier alpha value is -3.64. The number of thiophene rings is 1. The average molecular weight is 579 g/mol. The topological polar surface area (TPSA) is 94.8 Å². The lowest BCUT2D eigenvalue weighted by Gasteiger charge is -2.12. The van der Waals surface area contributed by atoms with Crippen LogP contribution in [0.5, 0.6) is 5.75 Å². The normalized spacial score (nSPS) is 13.3. The fourth-order valence-electron chi connectivity index (χ4n) is 4.48. The van der Waals surface area contributed by atoms with Crippen molar-refractivity contribution in [2.45, 2.75) is 38.8 Å². The average Bonchev–Trinajstić information content (AvgIpc) is 3.45. The van der Waals surface area contributed by atoms with Gasteiger partial charge in [0.2, 0.25) is 0 Å². The number of nitrogens with zero attached hydrogens (tertiary/aromatic N) is 3. The van der Waals surface area contributed by atoms with Gasteiger partial charge in [0.15, 0.2) is 17.0 Å². The zero-order chi connectivity index (χ0) is 27.9. The Labute approximate surface area is 229 Å². The van der Waals surface area contributed by atoms with Gasteiger partial charge in [-0.15, -0.1) is 11.3 Å². The Morgan fingerprint density at radius 3 is 2.56 bits per heavy atom. The first-order chi connectivity index (χ1) is 18.6. The molecule has 1 aliphatic rings. The minimum Gasteiger partial charge on any atom is -0.497 e. The molecule has 1 amide bonds. The Balaban J connectivity index is 1.58. The lowest BCUT2D eigenvalue weighted by Crippen LogP contribution is -2.17. The molecule has 3 heterocycles. The van der Waals surface area contributed by atoms with Crippen LogP contribution in [0.1, 0.15) is 56.7 Å². The summed E-state index contributed by atoms with van der Waals surface area (Å²) in [5, 5.41) is 6.42. The second-order valence-electron chi connectivity index (χ2n) is 8.74. The molecule has 8 nitrogen and oxygen atoms in total. The molecule has 13 heteroatoms. The van der Waals surface area contributed by atoms with Gasteiger partial charge in [-0.25, -0.2) is 14.3 Å². The number of methoxy groups -OCH3 is 1. The highest BCUT2D eigenvalue weighted by Crippen LogP contribution is 2.40. The van der Waals surface area contributed by atoms with Crippen molar-refractivity contribution >= 4 is 45.5 Å². The maximum atomic E-state index is 14.1. The van der Waals surface area contributed by atoms with E-state index in [-0.39, 0.29) is 33.5 Å². The molecule has 0 bridgehead atoms. The molecule has 0 aliphatic heterocycles. The molecule has 0 saturated carbocycles. The smallest absolute Gasteiger partial charge is 0.433 e. The lowest BCUT2D eigenvalue weighted by molar-refractivity contribution is -0.142. The summed E-state index contributed by atoms with van der Waals surface area (Å²) in [4.78, 5) is 31.3. The van der Waals surface area contributed by atoms with Gasteiger partial charge in [0.05, 0.1) is 25.0 Å². The van der Waals surface area contributed by atoms with Gasteiger partial charge in [0.25, 0.3) is 5.91 Å². The van der Waals surface area contributed by atoms with Crippen LogP contribution in [0, 0.1) is 0 Å². The molecule has 0 spiro atoms. The Morgan fingerprint density at radius 2 is 1.90 bits per heavy atom. The molecule has 39 heavy (non-hydrogen) atoms. The maximum Gasteiger partial charge on any atom is 0.433 e. The Morgan fingerprint density at radius 1 is 1.18 bits per heavy atom. The molecular weight excluding hydrogens is 557 g/mol. The maximum absolute atomic E-state index is 14.1. The number of ether oxygens (including phenoxy) is 2. The van der Waals surface area contributed by atoms with Crippen molar-refractivity contribution in [3.05, 3.63) is 62.7 Å². The zero-order valence-electron chi connectivity index (χ0n) is 20.8. The van der Waals surface area contributed by atoms with E-state index in [1.807, 2.05) is 0 Å². The summed E-state index contributed by atoms with van der Waals surface area (Å²) >= 11 is 7.66. The fourth-order valence-corrected chi connectivity index (χ4v) is 6.00. The third-order valence-electron chi connectivity index (χ3n) is 6.30. The number of alkyl halides is 3. The first kappa shape index (κ1) is 26.9. The number of esters is 1. The van der Waals surface area contributed by atoms with Crippen LogP contribution in [0.4, 0.5) is 18.2 Å². The number of fused-ring (bicyclic) bond motifs is 2. The van der Waals surface area contributed by atoms with Gasteiger partial charge < -0.3 is 14.8 Å². The number of anilines is 1. The molecule has 4 aromatic rings. The molecule has 204 valence electrons. The summed E-state index contributed by atoms with van der Waals surface area (Å²) in [7, 11) is 1.47. The zero-order valence-corrected chi connectivity index (χ0v) is 22.4. The minimum atomic E-state index is -4.82. The SMILES string of the molecule is CCOC(=O)c1c(NC(=O)c2nn3c(C(F)(F)F)cc(-c4ccc(OC)cc4)nc3c2Cl)sc2c1CCCC2. The number of carbonyl (C=O) groups excluding carboxylic acids is 2. The number of carbonyl (C=O) groups is 2. The van der Waals surface area contributed by atoms with Crippen LogP contribution < -0.4 is 10.1 Å². The number of halogens is 4. The van der Waals surface area contributed by atoms with Gasteiger partial charge in [0.1, 0.15) is 15.8 Å². The first-order valence-electron chi connectivity index (χ1n) is 12.1. The van der Waals surface area contributed by atoms with Gasteiger partial charge in [0, 0.05) is 10.4 Å². The predicted molar refractivity (Wildman–Crippen MR) is 140 cm³/mol. The van der Waals surface area contributed by atoms with Crippen LogP contribution >= 0.6 is 22.9 Å². The van der Waals surface area contributed by atoms with Gasteiger partial charge in [-0.3, -0.25) is 4.79 Å². The minimum absolute atomic E-state index is 0.0123. The quantitative estimate of drug-likeness (QED) is 0.264. The number of hydrogen-bond acceptors (Lipinski definition) is 7. The second kappa shape index (κ2) is 10.5. The molecule has 0 saturated heterocycles. The molecule has 0 atom stereocenters. The van der Waals surface area contributed by atoms with Crippen LogP contribution in [0.25, 0.3) is 16.9 Å². The van der Waals surface area contributed by atoms with Crippen molar-refractivity contribution in [2.75, 3.05) is 19.0 Å². The van der Waals surface area contributed by atoms with E-state index in [0.29, 0.717) is 22.2 Å². The molecule has 3 aromatic heterocycles. The molecule has 0 fully saturated rings. The molecular formula is C26H22ClF3N4O4S. The first-order valence-corrected chi connectivity index (χ1v) is 13.3. The van der Waals surface area contributed by atoms with Crippen LogP contribution in [0.3, 0.4) is 0 Å². The largest absolute Gasteiger partial charge is 0.497 e. The van der Waals surface area contributed by atoms with Crippen molar-refractivity contribution in [1.29, 1.82) is 0 Å². The summed E-state index contributed by atoms with van der Waals surface area (Å²) < 4.78 is 53.0. The molecule has 1 N–H and O–H groups in total. The van der Waals surface area contributed by atoms with Crippen LogP contribution in [0.2, 0.25) is 5.02 Å². The van der Waals surface area contributed by atoms with Crippen molar-refractivity contribution in [3.8, 4) is 17.0 Å². The summed E-state index contributed by atoms with van der Waals surface area (Å²) in [5.41, 5.74) is -0.483. The second-order valence-corrected chi connectivity index (χ2v) is 10.2. The molecule has 0 unspecified atom stereocenters. The monoisotopic (exact) mass is 578 g/mol. The summed E-state index contributed by atoms with van der Waals surface area (Å²) in [6.45, 7) is 1.83.